The molecule has 1 atom stereocenters. The highest BCUT2D eigenvalue weighted by Gasteiger charge is 2.20. The van der Waals surface area contributed by atoms with Crippen molar-refractivity contribution < 1.29 is 0 Å². The Hall–Kier alpha value is -1.20. The van der Waals surface area contributed by atoms with Crippen LogP contribution >= 0.6 is 35.7 Å². The van der Waals surface area contributed by atoms with Crippen LogP contribution in [0.25, 0.3) is 10.9 Å². The molecule has 1 aliphatic rings. The van der Waals surface area contributed by atoms with Gasteiger partial charge in [-0.2, -0.15) is 17.0 Å². The van der Waals surface area contributed by atoms with Crippen LogP contribution in [0.2, 0.25) is 0 Å². The number of hydrogen-bond donors (Lipinski definition) is 3. The van der Waals surface area contributed by atoms with E-state index in [2.05, 4.69) is 44.3 Å². The van der Waals surface area contributed by atoms with Gasteiger partial charge in [0, 0.05) is 16.5 Å². The highest BCUT2D eigenvalue weighted by atomic mass is 32.2. The van der Waals surface area contributed by atoms with Crippen molar-refractivity contribution in [2.45, 2.75) is 19.4 Å². The number of nitrogens with one attached hydrogen (secondary N) is 3. The monoisotopic (exact) mass is 362 g/mol. The molecule has 120 valence electrons. The zero-order chi connectivity index (χ0) is 16.2. The van der Waals surface area contributed by atoms with Gasteiger partial charge < -0.3 is 9.71 Å². The first kappa shape index (κ1) is 16.7. The van der Waals surface area contributed by atoms with Crippen molar-refractivity contribution in [3.63, 3.8) is 0 Å². The van der Waals surface area contributed by atoms with E-state index in [0.717, 1.165) is 34.3 Å². The molecule has 7 heteroatoms. The Morgan fingerprint density at radius 3 is 3.09 bits per heavy atom. The third kappa shape index (κ3) is 3.50. The van der Waals surface area contributed by atoms with E-state index in [1.807, 2.05) is 18.7 Å². The maximum atomic E-state index is 9.24. The number of benzene rings is 1. The third-order valence-corrected chi connectivity index (χ3v) is 6.33. The lowest BCUT2D eigenvalue weighted by atomic mass is 10.1. The van der Waals surface area contributed by atoms with E-state index in [9.17, 15) is 5.26 Å². The van der Waals surface area contributed by atoms with Gasteiger partial charge in [0.2, 0.25) is 0 Å². The Labute approximate surface area is 149 Å². The quantitative estimate of drug-likeness (QED) is 0.652. The Morgan fingerprint density at radius 1 is 1.43 bits per heavy atom. The second-order valence-electron chi connectivity index (χ2n) is 5.29. The summed E-state index contributed by atoms with van der Waals surface area (Å²) >= 11 is 5.18. The second kappa shape index (κ2) is 7.58. The first-order valence-corrected chi connectivity index (χ1v) is 10.4. The van der Waals surface area contributed by atoms with Gasteiger partial charge in [0.25, 0.3) is 0 Å². The summed E-state index contributed by atoms with van der Waals surface area (Å²) in [7, 11) is 0. The molecule has 3 N–H and O–H groups in total. The molecule has 0 fully saturated rings. The van der Waals surface area contributed by atoms with Gasteiger partial charge in [0.05, 0.1) is 22.8 Å². The zero-order valence-electron chi connectivity index (χ0n) is 13.0. The number of thioether (sulfide) groups is 1. The fourth-order valence-electron chi connectivity index (χ4n) is 2.55. The minimum Gasteiger partial charge on any atom is -0.358 e. The molecule has 0 radical (unpaired) electrons. The molecule has 0 spiro atoms. The van der Waals surface area contributed by atoms with Crippen LogP contribution in [0.1, 0.15) is 17.5 Å². The van der Waals surface area contributed by atoms with Crippen molar-refractivity contribution in [3.05, 3.63) is 39.8 Å². The predicted molar refractivity (Wildman–Crippen MR) is 105 cm³/mol. The van der Waals surface area contributed by atoms with E-state index in [0.29, 0.717) is 11.6 Å². The molecule has 23 heavy (non-hydrogen) atoms. The lowest BCUT2D eigenvalue weighted by Gasteiger charge is -2.15. The summed E-state index contributed by atoms with van der Waals surface area (Å²) in [5.41, 5.74) is 3.82. The largest absolute Gasteiger partial charge is 0.358 e. The minimum absolute atomic E-state index is 0.407. The van der Waals surface area contributed by atoms with E-state index in [1.54, 1.807) is 30.1 Å². The van der Waals surface area contributed by atoms with Crippen molar-refractivity contribution in [2.75, 3.05) is 16.7 Å². The number of nitrogens with zero attached hydrogens (tertiary/aromatic N) is 1. The van der Waals surface area contributed by atoms with E-state index >= 15 is 0 Å². The number of aryl methyl sites for hydroxylation is 1. The molecule has 1 aromatic carbocycles. The summed E-state index contributed by atoms with van der Waals surface area (Å²) in [5.74, 6) is 1.15. The minimum atomic E-state index is 0.407. The Balaban J connectivity index is 1.77. The van der Waals surface area contributed by atoms with Crippen LogP contribution in [0.5, 0.6) is 0 Å². The third-order valence-electron chi connectivity index (χ3n) is 3.78. The molecule has 2 aromatic rings. The Kier molecular flexibility index (Phi) is 5.49. The number of fused-ring (bicyclic) bond motifs is 1. The molecule has 4 nitrogen and oxygen atoms in total. The Bertz CT molecular complexity index is 775. The second-order valence-corrected chi connectivity index (χ2v) is 7.86. The molecular formula is C16H18N4S3. The van der Waals surface area contributed by atoms with Crippen molar-refractivity contribution >= 4 is 52.2 Å². The number of rotatable bonds is 6. The predicted octanol–water partition coefficient (Wildman–Crippen LogP) is 4.62. The topological polar surface area (TPSA) is 63.6 Å². The molecular weight excluding hydrogens is 344 g/mol. The lowest BCUT2D eigenvalue weighted by Crippen LogP contribution is -2.20. The average molecular weight is 363 g/mol. The van der Waals surface area contributed by atoms with E-state index < -0.39 is 0 Å². The first-order chi connectivity index (χ1) is 11.2. The van der Waals surface area contributed by atoms with Crippen molar-refractivity contribution in [3.8, 4) is 6.07 Å². The standard InChI is InChI=1S/C16H18N4S3/c1-10-3-4-13(16-15(10)11(7-17)8-18-16)20-23-14-9-22-19-12(14)5-6-21-2/h3-4,8-9,12,18-20H,5-6H2,1-2H3. The molecule has 0 saturated heterocycles. The maximum absolute atomic E-state index is 9.24. The molecule has 3 rings (SSSR count). The molecule has 1 aromatic heterocycles. The summed E-state index contributed by atoms with van der Waals surface area (Å²) in [6.07, 6.45) is 5.04. The van der Waals surface area contributed by atoms with Gasteiger partial charge in [-0.3, -0.25) is 4.72 Å². The fourth-order valence-corrected chi connectivity index (χ4v) is 4.91. The fraction of sp³-hybridized carbons (Fsp3) is 0.312. The van der Waals surface area contributed by atoms with Crippen molar-refractivity contribution in [1.29, 1.82) is 5.26 Å². The van der Waals surface area contributed by atoms with Crippen LogP contribution in [0, 0.1) is 18.3 Å². The molecule has 2 heterocycles. The number of anilines is 1. The molecule has 0 bridgehead atoms. The molecule has 1 aliphatic heterocycles. The van der Waals surface area contributed by atoms with Crippen molar-refractivity contribution in [2.24, 2.45) is 0 Å². The Morgan fingerprint density at radius 2 is 2.30 bits per heavy atom. The summed E-state index contributed by atoms with van der Waals surface area (Å²) in [6.45, 7) is 2.03. The molecule has 0 amide bonds. The van der Waals surface area contributed by atoms with E-state index in [-0.39, 0.29) is 0 Å². The van der Waals surface area contributed by atoms with Crippen LogP contribution in [-0.2, 0) is 0 Å². The summed E-state index contributed by atoms with van der Waals surface area (Å²) in [6, 6.07) is 6.78. The summed E-state index contributed by atoms with van der Waals surface area (Å²) in [4.78, 5) is 4.54. The van der Waals surface area contributed by atoms with Gasteiger partial charge in [0.15, 0.2) is 0 Å². The lowest BCUT2D eigenvalue weighted by molar-refractivity contribution is 0.743. The maximum Gasteiger partial charge on any atom is 0.101 e. The zero-order valence-corrected chi connectivity index (χ0v) is 15.4. The average Bonchev–Trinajstić information content (AvgIpc) is 3.19. The SMILES string of the molecule is CSCCC1NSC=C1SNc1ccc(C)c2c(C#N)c[nH]c12. The van der Waals surface area contributed by atoms with Gasteiger partial charge in [-0.05, 0) is 54.3 Å². The number of H-pyrrole nitrogens is 1. The molecule has 0 saturated carbocycles. The van der Waals surface area contributed by atoms with Gasteiger partial charge in [-0.1, -0.05) is 18.0 Å². The molecule has 0 aliphatic carbocycles. The number of hydrogen-bond acceptors (Lipinski definition) is 6. The van der Waals surface area contributed by atoms with Crippen molar-refractivity contribution in [1.82, 2.24) is 9.71 Å². The van der Waals surface area contributed by atoms with E-state index in [1.165, 1.54) is 4.91 Å². The number of nitriles is 1. The van der Waals surface area contributed by atoms with Gasteiger partial charge in [0.1, 0.15) is 6.07 Å². The van der Waals surface area contributed by atoms with Crippen LogP contribution in [0.3, 0.4) is 0 Å². The molecule has 1 unspecified atom stereocenters. The van der Waals surface area contributed by atoms with Crippen LogP contribution in [-0.4, -0.2) is 23.0 Å². The van der Waals surface area contributed by atoms with E-state index in [4.69, 9.17) is 0 Å². The highest BCUT2D eigenvalue weighted by molar-refractivity contribution is 8.07. The number of aromatic amines is 1. The highest BCUT2D eigenvalue weighted by Crippen LogP contribution is 2.35. The number of aromatic nitrogens is 1. The smallest absolute Gasteiger partial charge is 0.101 e. The van der Waals surface area contributed by atoms with Crippen LogP contribution < -0.4 is 9.44 Å². The van der Waals surface area contributed by atoms with Crippen LogP contribution in [0.15, 0.2) is 28.6 Å². The van der Waals surface area contributed by atoms with Crippen LogP contribution in [0.4, 0.5) is 5.69 Å². The first-order valence-electron chi connectivity index (χ1n) is 7.28. The normalized spacial score (nSPS) is 17.3. The van der Waals surface area contributed by atoms with Gasteiger partial charge in [-0.25, -0.2) is 0 Å². The van der Waals surface area contributed by atoms with Gasteiger partial charge in [-0.15, -0.1) is 0 Å². The summed E-state index contributed by atoms with van der Waals surface area (Å²) < 4.78 is 6.88. The van der Waals surface area contributed by atoms with Gasteiger partial charge >= 0.3 is 0 Å². The summed E-state index contributed by atoms with van der Waals surface area (Å²) in [5, 5.41) is 12.4.